The summed E-state index contributed by atoms with van der Waals surface area (Å²) in [4.78, 5) is 0. The van der Waals surface area contributed by atoms with Crippen molar-refractivity contribution < 1.29 is 31.1 Å². The predicted octanol–water partition coefficient (Wildman–Crippen LogP) is 2.69. The van der Waals surface area contributed by atoms with E-state index in [1.54, 1.807) is 0 Å². The third-order valence-corrected chi connectivity index (χ3v) is 1.10. The van der Waals surface area contributed by atoms with Gasteiger partial charge in [-0.3, -0.25) is 4.74 Å². The predicted molar refractivity (Wildman–Crippen MR) is 27.7 cm³/mol. The van der Waals surface area contributed by atoms with Crippen LogP contribution >= 0.6 is 11.6 Å². The van der Waals surface area contributed by atoms with Gasteiger partial charge in [-0.1, -0.05) is 0 Å². The Kier molecular flexibility index (Phi) is 3.64. The zero-order valence-electron chi connectivity index (χ0n) is 5.34. The van der Waals surface area contributed by atoms with E-state index in [2.05, 4.69) is 16.3 Å². The third-order valence-electron chi connectivity index (χ3n) is 0.747. The smallest absolute Gasteiger partial charge is 0.250 e. The van der Waals surface area contributed by atoms with Gasteiger partial charge in [0.1, 0.15) is 0 Å². The van der Waals surface area contributed by atoms with E-state index in [1.165, 1.54) is 0 Å². The van der Waals surface area contributed by atoms with E-state index in [4.69, 9.17) is 0 Å². The van der Waals surface area contributed by atoms with Gasteiger partial charge in [0, 0.05) is 0 Å². The fourth-order valence-electron chi connectivity index (χ4n) is 0.264. The largest absolute Gasteiger partial charge is 0.525 e. The van der Waals surface area contributed by atoms with Crippen molar-refractivity contribution in [1.82, 2.24) is 0 Å². The Balaban J connectivity index is 4.13. The van der Waals surface area contributed by atoms with Crippen LogP contribution < -0.4 is 0 Å². The van der Waals surface area contributed by atoms with Gasteiger partial charge in [0.05, 0.1) is 5.88 Å². The van der Waals surface area contributed by atoms with Crippen molar-refractivity contribution >= 4 is 11.6 Å². The van der Waals surface area contributed by atoms with E-state index in [1.807, 2.05) is 0 Å². The van der Waals surface area contributed by atoms with Crippen molar-refractivity contribution in [3.63, 3.8) is 0 Å². The Morgan fingerprint density at radius 3 is 1.83 bits per heavy atom. The Bertz CT molecular complexity index is 145. The lowest BCUT2D eigenvalue weighted by atomic mass is 10.4. The second-order valence-electron chi connectivity index (χ2n) is 1.77. The van der Waals surface area contributed by atoms with E-state index in [0.29, 0.717) is 0 Å². The summed E-state index contributed by atoms with van der Waals surface area (Å²) in [7, 11) is 0. The molecular formula is C4H3ClF6O. The number of hydrogen-bond acceptors (Lipinski definition) is 1. The van der Waals surface area contributed by atoms with Crippen LogP contribution in [0.4, 0.5) is 26.3 Å². The van der Waals surface area contributed by atoms with Crippen LogP contribution in [-0.2, 0) is 4.74 Å². The van der Waals surface area contributed by atoms with Gasteiger partial charge in [-0.05, 0) is 0 Å². The normalized spacial score (nSPS) is 16.2. The summed E-state index contributed by atoms with van der Waals surface area (Å²) >= 11 is 4.48. The SMILES string of the molecule is FC(OC(F)(F)F)C(F)(F)CCl. The van der Waals surface area contributed by atoms with Crippen LogP contribution in [0.1, 0.15) is 0 Å². The summed E-state index contributed by atoms with van der Waals surface area (Å²) in [6, 6.07) is 0. The molecule has 0 amide bonds. The average molecular weight is 217 g/mol. The molecule has 0 rings (SSSR count). The van der Waals surface area contributed by atoms with Crippen LogP contribution in [0.2, 0.25) is 0 Å². The minimum absolute atomic E-state index is 1.58. The minimum atomic E-state index is -5.44. The molecule has 0 saturated carbocycles. The fraction of sp³-hybridized carbons (Fsp3) is 1.00. The van der Waals surface area contributed by atoms with Crippen molar-refractivity contribution in [2.24, 2.45) is 0 Å². The molecular weight excluding hydrogens is 213 g/mol. The molecule has 0 saturated heterocycles. The molecule has 1 atom stereocenters. The topological polar surface area (TPSA) is 9.23 Å². The summed E-state index contributed by atoms with van der Waals surface area (Å²) in [5, 5.41) is 0. The molecule has 0 aromatic heterocycles. The Morgan fingerprint density at radius 2 is 1.58 bits per heavy atom. The standard InChI is InChI=1S/C4H3ClF6O/c5-1-3(7,8)2(6)12-4(9,10)11/h2H,1H2. The quantitative estimate of drug-likeness (QED) is 0.521. The van der Waals surface area contributed by atoms with Crippen LogP contribution in [-0.4, -0.2) is 24.5 Å². The first-order valence-corrected chi connectivity index (χ1v) is 3.05. The van der Waals surface area contributed by atoms with Crippen molar-refractivity contribution in [3.8, 4) is 0 Å². The molecule has 0 spiro atoms. The molecule has 0 heterocycles. The first-order chi connectivity index (χ1) is 5.19. The zero-order valence-corrected chi connectivity index (χ0v) is 6.09. The monoisotopic (exact) mass is 216 g/mol. The molecule has 0 N–H and O–H groups in total. The molecule has 74 valence electrons. The highest BCUT2D eigenvalue weighted by molar-refractivity contribution is 6.18. The molecule has 0 fully saturated rings. The van der Waals surface area contributed by atoms with E-state index in [0.717, 1.165) is 0 Å². The lowest BCUT2D eigenvalue weighted by Gasteiger charge is -2.18. The molecule has 0 aliphatic carbocycles. The van der Waals surface area contributed by atoms with Crippen LogP contribution in [0.25, 0.3) is 0 Å². The van der Waals surface area contributed by atoms with Gasteiger partial charge >= 0.3 is 12.3 Å². The molecule has 0 aromatic rings. The van der Waals surface area contributed by atoms with Gasteiger partial charge in [0.2, 0.25) is 0 Å². The number of alkyl halides is 7. The molecule has 8 heteroatoms. The molecule has 1 unspecified atom stereocenters. The number of rotatable bonds is 3. The second kappa shape index (κ2) is 3.69. The van der Waals surface area contributed by atoms with Crippen LogP contribution in [0, 0.1) is 0 Å². The molecule has 0 aromatic carbocycles. The van der Waals surface area contributed by atoms with E-state index in [-0.39, 0.29) is 0 Å². The lowest BCUT2D eigenvalue weighted by molar-refractivity contribution is -0.385. The number of hydrogen-bond donors (Lipinski definition) is 0. The van der Waals surface area contributed by atoms with Crippen LogP contribution in [0.3, 0.4) is 0 Å². The molecule has 1 nitrogen and oxygen atoms in total. The Hall–Kier alpha value is -0.170. The first kappa shape index (κ1) is 11.8. The van der Waals surface area contributed by atoms with Gasteiger partial charge in [-0.15, -0.1) is 24.8 Å². The van der Waals surface area contributed by atoms with E-state index < -0.39 is 24.5 Å². The maximum Gasteiger partial charge on any atom is 0.525 e. The zero-order chi connectivity index (χ0) is 9.99. The maximum absolute atomic E-state index is 11.9. The number of halogens is 7. The van der Waals surface area contributed by atoms with Gasteiger partial charge < -0.3 is 0 Å². The molecule has 0 aliphatic heterocycles. The summed E-state index contributed by atoms with van der Waals surface area (Å²) in [6.07, 6.45) is -9.20. The van der Waals surface area contributed by atoms with Gasteiger partial charge in [0.25, 0.3) is 6.36 Å². The van der Waals surface area contributed by atoms with Crippen molar-refractivity contribution in [1.29, 1.82) is 0 Å². The van der Waals surface area contributed by atoms with Crippen LogP contribution in [0.5, 0.6) is 0 Å². The highest BCUT2D eigenvalue weighted by Crippen LogP contribution is 2.29. The Labute approximate surface area is 68.2 Å². The molecule has 12 heavy (non-hydrogen) atoms. The lowest BCUT2D eigenvalue weighted by Crippen LogP contribution is -2.37. The fourth-order valence-corrected chi connectivity index (χ4v) is 0.386. The van der Waals surface area contributed by atoms with Gasteiger partial charge in [-0.2, -0.15) is 8.78 Å². The maximum atomic E-state index is 11.9. The summed E-state index contributed by atoms with van der Waals surface area (Å²) in [5.74, 6) is -5.92. The van der Waals surface area contributed by atoms with Gasteiger partial charge in [-0.25, -0.2) is 4.39 Å². The second-order valence-corrected chi connectivity index (χ2v) is 2.04. The highest BCUT2D eigenvalue weighted by atomic mass is 35.5. The van der Waals surface area contributed by atoms with Crippen molar-refractivity contribution in [3.05, 3.63) is 0 Å². The van der Waals surface area contributed by atoms with Crippen LogP contribution in [0.15, 0.2) is 0 Å². The van der Waals surface area contributed by atoms with E-state index in [9.17, 15) is 26.3 Å². The summed E-state index contributed by atoms with van der Waals surface area (Å²) < 4.78 is 71.6. The highest BCUT2D eigenvalue weighted by Gasteiger charge is 2.47. The first-order valence-electron chi connectivity index (χ1n) is 2.51. The average Bonchev–Trinajstić information content (AvgIpc) is 1.84. The van der Waals surface area contributed by atoms with Crippen molar-refractivity contribution in [2.75, 3.05) is 5.88 Å². The van der Waals surface area contributed by atoms with Crippen molar-refractivity contribution in [2.45, 2.75) is 18.6 Å². The third kappa shape index (κ3) is 4.01. The number of ether oxygens (including phenoxy) is 1. The van der Waals surface area contributed by atoms with Gasteiger partial charge in [0.15, 0.2) is 0 Å². The molecule has 0 radical (unpaired) electrons. The molecule has 0 bridgehead atoms. The summed E-state index contributed by atoms with van der Waals surface area (Å²) in [6.45, 7) is 0. The van der Waals surface area contributed by atoms with E-state index >= 15 is 0 Å². The summed E-state index contributed by atoms with van der Waals surface area (Å²) in [5.41, 5.74) is 0. The molecule has 0 aliphatic rings. The Morgan fingerprint density at radius 1 is 1.17 bits per heavy atom. The minimum Gasteiger partial charge on any atom is -0.250 e.